The highest BCUT2D eigenvalue weighted by Gasteiger charge is 2.23. The van der Waals surface area contributed by atoms with Crippen LogP contribution in [0.3, 0.4) is 0 Å². The molecule has 1 amide bonds. The number of amides is 1. The number of nitrogens with one attached hydrogen (secondary N) is 1. The summed E-state index contributed by atoms with van der Waals surface area (Å²) >= 11 is 2.81. The summed E-state index contributed by atoms with van der Waals surface area (Å²) in [6, 6.07) is 10.4. The van der Waals surface area contributed by atoms with Gasteiger partial charge in [-0.3, -0.25) is 19.0 Å². The zero-order valence-corrected chi connectivity index (χ0v) is 20.3. The molecule has 1 aromatic carbocycles. The molecule has 0 atom stereocenters. The number of thioether (sulfide) groups is 1. The quantitative estimate of drug-likeness (QED) is 0.223. The zero-order valence-electron chi connectivity index (χ0n) is 18.6. The lowest BCUT2D eigenvalue weighted by Crippen LogP contribution is -2.25. The van der Waals surface area contributed by atoms with Crippen molar-refractivity contribution in [2.24, 2.45) is 0 Å². The van der Waals surface area contributed by atoms with Gasteiger partial charge in [-0.1, -0.05) is 23.9 Å². The molecule has 0 aliphatic heterocycles. The standard InChI is InChI=1S/C25H23N3O4S2/c1-15(29)16-6-4-7-17(12-16)26-21(30)14-33-25-27-23-22(19-9-2-3-10-20(19)34-23)24(31)28(25)13-18-8-5-11-32-18/h4-8,11-12H,2-3,9-10,13-14H2,1H3,(H,26,30). The van der Waals surface area contributed by atoms with Gasteiger partial charge in [-0.2, -0.15) is 0 Å². The summed E-state index contributed by atoms with van der Waals surface area (Å²) in [5.41, 5.74) is 2.14. The van der Waals surface area contributed by atoms with E-state index in [1.807, 2.05) is 6.07 Å². The lowest BCUT2D eigenvalue weighted by atomic mass is 9.97. The molecule has 3 aromatic heterocycles. The minimum Gasteiger partial charge on any atom is -0.467 e. The Hall–Kier alpha value is -3.17. The number of fused-ring (bicyclic) bond motifs is 3. The molecular weight excluding hydrogens is 470 g/mol. The summed E-state index contributed by atoms with van der Waals surface area (Å²) in [6.07, 6.45) is 5.68. The van der Waals surface area contributed by atoms with Crippen LogP contribution < -0.4 is 10.9 Å². The van der Waals surface area contributed by atoms with E-state index in [0.717, 1.165) is 36.1 Å². The lowest BCUT2D eigenvalue weighted by Gasteiger charge is -2.13. The molecule has 9 heteroatoms. The van der Waals surface area contributed by atoms with Gasteiger partial charge in [0.2, 0.25) is 5.91 Å². The molecule has 0 saturated heterocycles. The van der Waals surface area contributed by atoms with E-state index in [2.05, 4.69) is 5.32 Å². The molecule has 0 saturated carbocycles. The Morgan fingerprint density at radius 1 is 1.21 bits per heavy atom. The number of rotatable bonds is 7. The summed E-state index contributed by atoms with van der Waals surface area (Å²) in [5.74, 6) is 0.421. The first kappa shape index (κ1) is 22.6. The maximum atomic E-state index is 13.6. The van der Waals surface area contributed by atoms with Crippen LogP contribution in [0.15, 0.2) is 57.0 Å². The number of benzene rings is 1. The molecule has 0 fully saturated rings. The highest BCUT2D eigenvalue weighted by Crippen LogP contribution is 2.34. The van der Waals surface area contributed by atoms with E-state index in [9.17, 15) is 14.4 Å². The van der Waals surface area contributed by atoms with Gasteiger partial charge in [0.1, 0.15) is 10.6 Å². The van der Waals surface area contributed by atoms with Gasteiger partial charge in [0, 0.05) is 16.1 Å². The molecule has 0 radical (unpaired) electrons. The number of ketones is 1. The minimum absolute atomic E-state index is 0.0661. The molecule has 174 valence electrons. The van der Waals surface area contributed by atoms with Crippen molar-refractivity contribution in [2.75, 3.05) is 11.1 Å². The molecule has 5 rings (SSSR count). The predicted octanol–water partition coefficient (Wildman–Crippen LogP) is 4.91. The number of aromatic nitrogens is 2. The normalized spacial score (nSPS) is 13.1. The van der Waals surface area contributed by atoms with E-state index >= 15 is 0 Å². The van der Waals surface area contributed by atoms with E-state index in [0.29, 0.717) is 27.6 Å². The average Bonchev–Trinajstić information content (AvgIpc) is 3.47. The highest BCUT2D eigenvalue weighted by molar-refractivity contribution is 7.99. The van der Waals surface area contributed by atoms with Crippen LogP contribution in [0.25, 0.3) is 10.2 Å². The van der Waals surface area contributed by atoms with Crippen molar-refractivity contribution in [2.45, 2.75) is 44.3 Å². The first-order valence-corrected chi connectivity index (χ1v) is 12.9. The first-order chi connectivity index (χ1) is 16.5. The number of carbonyl (C=O) groups excluding carboxylic acids is 2. The maximum absolute atomic E-state index is 13.6. The van der Waals surface area contributed by atoms with Gasteiger partial charge in [0.25, 0.3) is 5.56 Å². The van der Waals surface area contributed by atoms with Gasteiger partial charge in [0.15, 0.2) is 10.9 Å². The number of thiophene rings is 1. The van der Waals surface area contributed by atoms with Crippen LogP contribution in [0, 0.1) is 0 Å². The zero-order chi connectivity index (χ0) is 23.7. The Labute approximate surface area is 204 Å². The summed E-state index contributed by atoms with van der Waals surface area (Å²) in [6.45, 7) is 1.74. The molecule has 0 unspecified atom stereocenters. The Bertz CT molecular complexity index is 1440. The number of furan rings is 1. The van der Waals surface area contributed by atoms with E-state index in [-0.39, 0.29) is 29.5 Å². The number of hydrogen-bond acceptors (Lipinski definition) is 7. The molecule has 3 heterocycles. The topological polar surface area (TPSA) is 94.2 Å². The smallest absolute Gasteiger partial charge is 0.263 e. The van der Waals surface area contributed by atoms with Crippen LogP contribution in [0.1, 0.15) is 46.3 Å². The number of carbonyl (C=O) groups is 2. The number of anilines is 1. The minimum atomic E-state index is -0.241. The summed E-state index contributed by atoms with van der Waals surface area (Å²) < 4.78 is 7.10. The molecule has 34 heavy (non-hydrogen) atoms. The third kappa shape index (κ3) is 4.58. The summed E-state index contributed by atoms with van der Waals surface area (Å²) in [7, 11) is 0. The van der Waals surface area contributed by atoms with Gasteiger partial charge < -0.3 is 9.73 Å². The van der Waals surface area contributed by atoms with E-state index < -0.39 is 0 Å². The summed E-state index contributed by atoms with van der Waals surface area (Å²) in [4.78, 5) is 44.7. The summed E-state index contributed by atoms with van der Waals surface area (Å²) in [5, 5.41) is 4.02. The van der Waals surface area contributed by atoms with Crippen molar-refractivity contribution in [1.29, 1.82) is 0 Å². The van der Waals surface area contributed by atoms with Crippen LogP contribution in [0.4, 0.5) is 5.69 Å². The van der Waals surface area contributed by atoms with Gasteiger partial charge in [-0.25, -0.2) is 4.98 Å². The largest absolute Gasteiger partial charge is 0.467 e. The lowest BCUT2D eigenvalue weighted by molar-refractivity contribution is -0.113. The van der Waals surface area contributed by atoms with Crippen LogP contribution in [-0.2, 0) is 24.2 Å². The number of nitrogens with zero attached hydrogens (tertiary/aromatic N) is 2. The number of aryl methyl sites for hydroxylation is 2. The Balaban J connectivity index is 1.43. The second kappa shape index (κ2) is 9.60. The second-order valence-electron chi connectivity index (χ2n) is 8.23. The first-order valence-electron chi connectivity index (χ1n) is 11.1. The predicted molar refractivity (Wildman–Crippen MR) is 134 cm³/mol. The molecule has 7 nitrogen and oxygen atoms in total. The Morgan fingerprint density at radius 2 is 2.06 bits per heavy atom. The molecule has 0 spiro atoms. The second-order valence-corrected chi connectivity index (χ2v) is 10.3. The Morgan fingerprint density at radius 3 is 2.85 bits per heavy atom. The van der Waals surface area contributed by atoms with Crippen LogP contribution in [-0.4, -0.2) is 27.0 Å². The van der Waals surface area contributed by atoms with Gasteiger partial charge in [-0.15, -0.1) is 11.3 Å². The molecule has 1 aliphatic carbocycles. The number of hydrogen-bond donors (Lipinski definition) is 1. The molecule has 1 N–H and O–H groups in total. The highest BCUT2D eigenvalue weighted by atomic mass is 32.2. The third-order valence-corrected chi connectivity index (χ3v) is 7.98. The molecular formula is C25H23N3O4S2. The van der Waals surface area contributed by atoms with E-state index in [1.54, 1.807) is 52.5 Å². The van der Waals surface area contributed by atoms with Crippen LogP contribution in [0.5, 0.6) is 0 Å². The van der Waals surface area contributed by atoms with Crippen molar-refractivity contribution in [1.82, 2.24) is 9.55 Å². The molecule has 1 aliphatic rings. The fourth-order valence-corrected chi connectivity index (χ4v) is 6.27. The Kier molecular flexibility index (Phi) is 6.38. The van der Waals surface area contributed by atoms with Crippen LogP contribution in [0.2, 0.25) is 0 Å². The van der Waals surface area contributed by atoms with Gasteiger partial charge >= 0.3 is 0 Å². The van der Waals surface area contributed by atoms with Crippen molar-refractivity contribution in [3.8, 4) is 0 Å². The van der Waals surface area contributed by atoms with Crippen molar-refractivity contribution in [3.63, 3.8) is 0 Å². The van der Waals surface area contributed by atoms with E-state index in [4.69, 9.17) is 9.40 Å². The van der Waals surface area contributed by atoms with E-state index in [1.165, 1.54) is 23.6 Å². The number of Topliss-reactive ketones (excluding diaryl/α,β-unsaturated/α-hetero) is 1. The maximum Gasteiger partial charge on any atom is 0.263 e. The fraction of sp³-hybridized carbons (Fsp3) is 0.280. The van der Waals surface area contributed by atoms with Gasteiger partial charge in [0.05, 0.1) is 23.9 Å². The average molecular weight is 494 g/mol. The van der Waals surface area contributed by atoms with Gasteiger partial charge in [-0.05, 0) is 62.4 Å². The molecule has 0 bridgehead atoms. The molecule has 4 aromatic rings. The van der Waals surface area contributed by atoms with Crippen molar-refractivity contribution >= 4 is 50.7 Å². The van der Waals surface area contributed by atoms with Crippen LogP contribution >= 0.6 is 23.1 Å². The fourth-order valence-electron chi connectivity index (χ4n) is 4.17. The third-order valence-electron chi connectivity index (χ3n) is 5.82. The SMILES string of the molecule is CC(=O)c1cccc(NC(=O)CSc2nc3sc4c(c3c(=O)n2Cc2ccco2)CCCC4)c1. The van der Waals surface area contributed by atoms with Crippen molar-refractivity contribution < 1.29 is 14.0 Å². The van der Waals surface area contributed by atoms with Crippen molar-refractivity contribution in [3.05, 3.63) is 74.8 Å². The monoisotopic (exact) mass is 493 g/mol.